The molecule has 0 unspecified atom stereocenters. The van der Waals surface area contributed by atoms with Crippen molar-refractivity contribution in [3.8, 4) is 11.6 Å². The van der Waals surface area contributed by atoms with Crippen molar-refractivity contribution in [3.05, 3.63) is 51.1 Å². The molecule has 18 heavy (non-hydrogen) atoms. The molecule has 2 aromatic rings. The van der Waals surface area contributed by atoms with Gasteiger partial charge in [-0.15, -0.1) is 0 Å². The van der Waals surface area contributed by atoms with Gasteiger partial charge in [0.05, 0.1) is 10.0 Å². The molecule has 0 aliphatic carbocycles. The number of benzene rings is 1. The van der Waals surface area contributed by atoms with Crippen LogP contribution in [0, 0.1) is 0 Å². The highest BCUT2D eigenvalue weighted by atomic mass is 35.5. The van der Waals surface area contributed by atoms with Crippen LogP contribution < -0.4 is 10.5 Å². The first kappa shape index (κ1) is 13.4. The molecule has 1 aromatic carbocycles. The first-order valence-electron chi connectivity index (χ1n) is 5.08. The minimum atomic E-state index is 0.290. The van der Waals surface area contributed by atoms with Crippen LogP contribution in [0.5, 0.6) is 11.6 Å². The van der Waals surface area contributed by atoms with Crippen LogP contribution in [0.25, 0.3) is 0 Å². The predicted molar refractivity (Wildman–Crippen MR) is 73.7 cm³/mol. The van der Waals surface area contributed by atoms with E-state index in [9.17, 15) is 0 Å². The number of aromatic nitrogens is 1. The van der Waals surface area contributed by atoms with Gasteiger partial charge in [-0.3, -0.25) is 0 Å². The standard InChI is InChI=1S/C12H9Cl3N2O/c13-9-2-1-8(5-10(9)14)18-12-11(15)7(6-16)3-4-17-12/h1-5H,6,16H2. The molecular weight excluding hydrogens is 295 g/mol. The van der Waals surface area contributed by atoms with E-state index in [1.54, 1.807) is 30.5 Å². The summed E-state index contributed by atoms with van der Waals surface area (Å²) in [6, 6.07) is 6.66. The molecule has 94 valence electrons. The summed E-state index contributed by atoms with van der Waals surface area (Å²) in [4.78, 5) is 4.05. The second-order valence-electron chi connectivity index (χ2n) is 3.47. The highest BCUT2D eigenvalue weighted by molar-refractivity contribution is 6.42. The van der Waals surface area contributed by atoms with Crippen LogP contribution in [0.3, 0.4) is 0 Å². The van der Waals surface area contributed by atoms with E-state index in [-0.39, 0.29) is 5.88 Å². The minimum Gasteiger partial charge on any atom is -0.437 e. The topological polar surface area (TPSA) is 48.1 Å². The fraction of sp³-hybridized carbons (Fsp3) is 0.0833. The predicted octanol–water partition coefficient (Wildman–Crippen LogP) is 4.29. The van der Waals surface area contributed by atoms with E-state index in [4.69, 9.17) is 45.3 Å². The van der Waals surface area contributed by atoms with Crippen molar-refractivity contribution in [3.63, 3.8) is 0 Å². The molecule has 3 nitrogen and oxygen atoms in total. The second-order valence-corrected chi connectivity index (χ2v) is 4.66. The average Bonchev–Trinajstić information content (AvgIpc) is 2.36. The zero-order chi connectivity index (χ0) is 13.1. The zero-order valence-corrected chi connectivity index (χ0v) is 11.4. The Balaban J connectivity index is 2.31. The van der Waals surface area contributed by atoms with E-state index in [0.29, 0.717) is 27.4 Å². The Bertz CT molecular complexity index is 575. The largest absolute Gasteiger partial charge is 0.437 e. The molecule has 0 saturated carbocycles. The van der Waals surface area contributed by atoms with E-state index in [1.807, 2.05) is 0 Å². The lowest BCUT2D eigenvalue weighted by Crippen LogP contribution is -1.99. The average molecular weight is 304 g/mol. The van der Waals surface area contributed by atoms with Crippen molar-refractivity contribution in [1.29, 1.82) is 0 Å². The zero-order valence-electron chi connectivity index (χ0n) is 9.16. The van der Waals surface area contributed by atoms with Crippen molar-refractivity contribution >= 4 is 34.8 Å². The lowest BCUT2D eigenvalue weighted by molar-refractivity contribution is 0.462. The van der Waals surface area contributed by atoms with Gasteiger partial charge >= 0.3 is 0 Å². The van der Waals surface area contributed by atoms with Gasteiger partial charge in [0.15, 0.2) is 0 Å². The smallest absolute Gasteiger partial charge is 0.238 e. The van der Waals surface area contributed by atoms with Gasteiger partial charge in [0, 0.05) is 18.8 Å². The Hall–Kier alpha value is -1.000. The van der Waals surface area contributed by atoms with Crippen LogP contribution in [0.2, 0.25) is 15.1 Å². The van der Waals surface area contributed by atoms with Crippen molar-refractivity contribution < 1.29 is 4.74 Å². The quantitative estimate of drug-likeness (QED) is 0.920. The van der Waals surface area contributed by atoms with Crippen molar-refractivity contribution in [1.82, 2.24) is 4.98 Å². The molecule has 0 fully saturated rings. The maximum atomic E-state index is 6.10. The maximum absolute atomic E-state index is 6.10. The van der Waals surface area contributed by atoms with Crippen LogP contribution in [-0.4, -0.2) is 4.98 Å². The van der Waals surface area contributed by atoms with Gasteiger partial charge in [0.1, 0.15) is 10.8 Å². The van der Waals surface area contributed by atoms with E-state index < -0.39 is 0 Å². The normalized spacial score (nSPS) is 10.4. The molecule has 2 rings (SSSR count). The maximum Gasteiger partial charge on any atom is 0.238 e. The number of nitrogens with two attached hydrogens (primary N) is 1. The van der Waals surface area contributed by atoms with Gasteiger partial charge < -0.3 is 10.5 Å². The summed E-state index contributed by atoms with van der Waals surface area (Å²) in [5, 5.41) is 1.25. The molecule has 1 heterocycles. The summed E-state index contributed by atoms with van der Waals surface area (Å²) >= 11 is 17.8. The summed E-state index contributed by atoms with van der Waals surface area (Å²) < 4.78 is 5.55. The van der Waals surface area contributed by atoms with Crippen LogP contribution in [0.15, 0.2) is 30.5 Å². The van der Waals surface area contributed by atoms with Gasteiger partial charge in [0.2, 0.25) is 5.88 Å². The van der Waals surface area contributed by atoms with Crippen molar-refractivity contribution in [2.75, 3.05) is 0 Å². The molecule has 0 bridgehead atoms. The highest BCUT2D eigenvalue weighted by Gasteiger charge is 2.09. The number of ether oxygens (including phenoxy) is 1. The molecule has 0 spiro atoms. The monoisotopic (exact) mass is 302 g/mol. The van der Waals surface area contributed by atoms with E-state index in [2.05, 4.69) is 4.98 Å². The minimum absolute atomic E-state index is 0.290. The summed E-state index contributed by atoms with van der Waals surface area (Å²) in [5.41, 5.74) is 6.32. The van der Waals surface area contributed by atoms with Gasteiger partial charge in [-0.25, -0.2) is 4.98 Å². The highest BCUT2D eigenvalue weighted by Crippen LogP contribution is 2.32. The fourth-order valence-corrected chi connectivity index (χ4v) is 1.86. The van der Waals surface area contributed by atoms with Gasteiger partial charge in [-0.1, -0.05) is 34.8 Å². The third-order valence-electron chi connectivity index (χ3n) is 2.26. The number of pyridine rings is 1. The van der Waals surface area contributed by atoms with Gasteiger partial charge in [-0.2, -0.15) is 0 Å². The molecular formula is C12H9Cl3N2O. The molecule has 2 N–H and O–H groups in total. The molecule has 0 atom stereocenters. The summed E-state index contributed by atoms with van der Waals surface area (Å²) in [6.07, 6.45) is 1.58. The van der Waals surface area contributed by atoms with Gasteiger partial charge in [-0.05, 0) is 23.8 Å². The molecule has 6 heteroatoms. The second kappa shape index (κ2) is 5.76. The molecule has 0 aliphatic heterocycles. The van der Waals surface area contributed by atoms with E-state index in [0.717, 1.165) is 5.56 Å². The SMILES string of the molecule is NCc1ccnc(Oc2ccc(Cl)c(Cl)c2)c1Cl. The molecule has 0 amide bonds. The summed E-state index contributed by atoms with van der Waals surface area (Å²) in [5.74, 6) is 0.797. The Labute approximate surface area is 119 Å². The number of hydrogen-bond acceptors (Lipinski definition) is 3. The van der Waals surface area contributed by atoms with Crippen molar-refractivity contribution in [2.45, 2.75) is 6.54 Å². The molecule has 1 aromatic heterocycles. The van der Waals surface area contributed by atoms with Gasteiger partial charge in [0.25, 0.3) is 0 Å². The Morgan fingerprint density at radius 2 is 1.89 bits per heavy atom. The number of halogens is 3. The van der Waals surface area contributed by atoms with E-state index in [1.165, 1.54) is 0 Å². The number of rotatable bonds is 3. The van der Waals surface area contributed by atoms with E-state index >= 15 is 0 Å². The Morgan fingerprint density at radius 1 is 1.11 bits per heavy atom. The molecule has 0 radical (unpaired) electrons. The van der Waals surface area contributed by atoms with Crippen LogP contribution in [0.1, 0.15) is 5.56 Å². The Kier molecular flexibility index (Phi) is 4.30. The van der Waals surface area contributed by atoms with Crippen molar-refractivity contribution in [2.24, 2.45) is 5.73 Å². The third kappa shape index (κ3) is 2.87. The van der Waals surface area contributed by atoms with Crippen LogP contribution in [-0.2, 0) is 6.54 Å². The fourth-order valence-electron chi connectivity index (χ4n) is 1.34. The first-order valence-corrected chi connectivity index (χ1v) is 6.21. The molecule has 0 saturated heterocycles. The van der Waals surface area contributed by atoms with Crippen LogP contribution >= 0.6 is 34.8 Å². The summed E-state index contributed by atoms with van der Waals surface area (Å²) in [7, 11) is 0. The number of hydrogen-bond donors (Lipinski definition) is 1. The molecule has 0 aliphatic rings. The number of nitrogens with zero attached hydrogens (tertiary/aromatic N) is 1. The van der Waals surface area contributed by atoms with Crippen LogP contribution in [0.4, 0.5) is 0 Å². The lowest BCUT2D eigenvalue weighted by atomic mass is 10.2. The first-order chi connectivity index (χ1) is 8.61. The summed E-state index contributed by atoms with van der Waals surface area (Å²) in [6.45, 7) is 0.319. The Morgan fingerprint density at radius 3 is 2.56 bits per heavy atom. The lowest BCUT2D eigenvalue weighted by Gasteiger charge is -2.09. The third-order valence-corrected chi connectivity index (χ3v) is 3.41.